The van der Waals surface area contributed by atoms with Crippen molar-refractivity contribution in [1.29, 1.82) is 0 Å². The van der Waals surface area contributed by atoms with Gasteiger partial charge in [0.1, 0.15) is 5.82 Å². The van der Waals surface area contributed by atoms with Gasteiger partial charge in [0, 0.05) is 25.2 Å². The van der Waals surface area contributed by atoms with Gasteiger partial charge in [0.25, 0.3) is 5.56 Å². The molecule has 4 rings (SSSR count). The third-order valence-corrected chi connectivity index (χ3v) is 5.60. The van der Waals surface area contributed by atoms with E-state index in [4.69, 9.17) is 0 Å². The van der Waals surface area contributed by atoms with Crippen LogP contribution in [0.4, 0.5) is 5.82 Å². The molecule has 6 nitrogen and oxygen atoms in total. The predicted octanol–water partition coefficient (Wildman–Crippen LogP) is 2.05. The van der Waals surface area contributed by atoms with E-state index in [1.807, 2.05) is 30.3 Å². The van der Waals surface area contributed by atoms with Gasteiger partial charge in [-0.15, -0.1) is 11.8 Å². The lowest BCUT2D eigenvalue weighted by Gasteiger charge is -2.16. The lowest BCUT2D eigenvalue weighted by atomic mass is 10.1. The number of nitrogens with zero attached hydrogens (tertiary/aromatic N) is 3. The van der Waals surface area contributed by atoms with Gasteiger partial charge >= 0.3 is 0 Å². The number of thioether (sulfide) groups is 1. The van der Waals surface area contributed by atoms with Crippen molar-refractivity contribution in [2.75, 3.05) is 11.1 Å². The average molecular weight is 340 g/mol. The number of hydrogen-bond donors (Lipinski definition) is 1. The molecule has 0 saturated carbocycles. The normalized spacial score (nSPS) is 17.4. The minimum Gasteiger partial charge on any atom is -0.311 e. The molecule has 3 heterocycles. The molecular weight excluding hydrogens is 324 g/mol. The zero-order valence-corrected chi connectivity index (χ0v) is 14.1. The van der Waals surface area contributed by atoms with Crippen LogP contribution in [-0.2, 0) is 18.9 Å². The van der Waals surface area contributed by atoms with Crippen LogP contribution in [0.3, 0.4) is 0 Å². The van der Waals surface area contributed by atoms with E-state index in [-0.39, 0.29) is 16.7 Å². The number of pyridine rings is 1. The fourth-order valence-corrected chi connectivity index (χ4v) is 4.20. The molecule has 1 N–H and O–H groups in total. The molecule has 0 fully saturated rings. The SMILES string of the molecule is Cn1ncc2c1NC(=O)CS[C@H]2c1cc2ccccc2n(C)c1=O. The number of nitrogens with one attached hydrogen (secondary N) is 1. The first-order valence-corrected chi connectivity index (χ1v) is 8.63. The van der Waals surface area contributed by atoms with Crippen LogP contribution in [0.5, 0.6) is 0 Å². The van der Waals surface area contributed by atoms with Crippen LogP contribution < -0.4 is 10.9 Å². The van der Waals surface area contributed by atoms with Crippen molar-refractivity contribution in [3.8, 4) is 0 Å². The largest absolute Gasteiger partial charge is 0.311 e. The second-order valence-corrected chi connectivity index (χ2v) is 6.93. The molecule has 1 aliphatic heterocycles. The Labute approximate surface area is 142 Å². The highest BCUT2D eigenvalue weighted by molar-refractivity contribution is 8.00. The molecule has 0 spiro atoms. The molecule has 0 saturated heterocycles. The summed E-state index contributed by atoms with van der Waals surface area (Å²) in [6.45, 7) is 0. The lowest BCUT2D eigenvalue weighted by molar-refractivity contribution is -0.113. The number of aromatic nitrogens is 3. The zero-order chi connectivity index (χ0) is 16.8. The molecule has 2 aromatic heterocycles. The predicted molar refractivity (Wildman–Crippen MR) is 95.3 cm³/mol. The van der Waals surface area contributed by atoms with Crippen LogP contribution in [0.25, 0.3) is 10.9 Å². The van der Waals surface area contributed by atoms with Gasteiger partial charge in [-0.05, 0) is 17.5 Å². The summed E-state index contributed by atoms with van der Waals surface area (Å²) >= 11 is 1.45. The number of aryl methyl sites for hydroxylation is 2. The van der Waals surface area contributed by atoms with E-state index in [0.717, 1.165) is 16.5 Å². The summed E-state index contributed by atoms with van der Waals surface area (Å²) in [5, 5.41) is 7.90. The number of fused-ring (bicyclic) bond motifs is 2. The summed E-state index contributed by atoms with van der Waals surface area (Å²) in [6.07, 6.45) is 1.73. The second kappa shape index (κ2) is 5.52. The summed E-state index contributed by atoms with van der Waals surface area (Å²) in [5.74, 6) is 0.880. The molecule has 0 bridgehead atoms. The summed E-state index contributed by atoms with van der Waals surface area (Å²) in [5.41, 5.74) is 2.38. The van der Waals surface area contributed by atoms with Crippen LogP contribution >= 0.6 is 11.8 Å². The molecular formula is C17H16N4O2S. The molecule has 0 radical (unpaired) electrons. The van der Waals surface area contributed by atoms with Gasteiger partial charge in [0.2, 0.25) is 5.91 Å². The van der Waals surface area contributed by atoms with Crippen molar-refractivity contribution in [2.45, 2.75) is 5.25 Å². The Morgan fingerprint density at radius 2 is 2.00 bits per heavy atom. The van der Waals surface area contributed by atoms with Gasteiger partial charge in [-0.25, -0.2) is 0 Å². The molecule has 24 heavy (non-hydrogen) atoms. The fraction of sp³-hybridized carbons (Fsp3) is 0.235. The maximum atomic E-state index is 12.9. The quantitative estimate of drug-likeness (QED) is 0.736. The molecule has 1 amide bonds. The van der Waals surface area contributed by atoms with Crippen LogP contribution in [-0.4, -0.2) is 26.0 Å². The van der Waals surface area contributed by atoms with E-state index < -0.39 is 0 Å². The molecule has 1 aromatic carbocycles. The summed E-state index contributed by atoms with van der Waals surface area (Å²) < 4.78 is 3.30. The molecule has 7 heteroatoms. The Balaban J connectivity index is 1.96. The smallest absolute Gasteiger partial charge is 0.255 e. The van der Waals surface area contributed by atoms with Gasteiger partial charge in [0.15, 0.2) is 0 Å². The molecule has 122 valence electrons. The fourth-order valence-electron chi connectivity index (χ4n) is 3.11. The summed E-state index contributed by atoms with van der Waals surface area (Å²) in [6, 6.07) is 9.73. The van der Waals surface area contributed by atoms with Crippen molar-refractivity contribution >= 4 is 34.4 Å². The van der Waals surface area contributed by atoms with Gasteiger partial charge in [-0.2, -0.15) is 5.10 Å². The average Bonchev–Trinajstić information content (AvgIpc) is 2.84. The van der Waals surface area contributed by atoms with E-state index in [9.17, 15) is 9.59 Å². The number of rotatable bonds is 1. The standard InChI is InChI=1S/C17H16N4O2S/c1-20-13-6-4-3-5-10(13)7-11(17(20)23)15-12-8-18-21(2)16(12)19-14(22)9-24-15/h3-8,15H,9H2,1-2H3,(H,19,22)/t15-/m0/s1. The van der Waals surface area contributed by atoms with Crippen LogP contribution in [0.15, 0.2) is 41.3 Å². The maximum absolute atomic E-state index is 12.9. The third kappa shape index (κ3) is 2.24. The van der Waals surface area contributed by atoms with E-state index in [1.54, 1.807) is 29.5 Å². The van der Waals surface area contributed by atoms with Crippen LogP contribution in [0.2, 0.25) is 0 Å². The Hall–Kier alpha value is -2.54. The van der Waals surface area contributed by atoms with Crippen molar-refractivity contribution in [1.82, 2.24) is 14.3 Å². The highest BCUT2D eigenvalue weighted by Gasteiger charge is 2.29. The number of hydrogen-bond acceptors (Lipinski definition) is 4. The maximum Gasteiger partial charge on any atom is 0.255 e. The highest BCUT2D eigenvalue weighted by Crippen LogP contribution is 2.40. The minimum atomic E-state index is -0.226. The minimum absolute atomic E-state index is 0.0460. The molecule has 0 unspecified atom stereocenters. The molecule has 0 aliphatic carbocycles. The summed E-state index contributed by atoms with van der Waals surface area (Å²) in [7, 11) is 3.56. The third-order valence-electron chi connectivity index (χ3n) is 4.33. The molecule has 3 aromatic rings. The Morgan fingerprint density at radius 3 is 2.83 bits per heavy atom. The first-order valence-electron chi connectivity index (χ1n) is 7.58. The first kappa shape index (κ1) is 15.0. The first-order chi connectivity index (χ1) is 11.6. The lowest BCUT2D eigenvalue weighted by Crippen LogP contribution is -2.23. The van der Waals surface area contributed by atoms with Crippen molar-refractivity contribution in [3.05, 3.63) is 58.0 Å². The van der Waals surface area contributed by atoms with Crippen LogP contribution in [0.1, 0.15) is 16.4 Å². The van der Waals surface area contributed by atoms with Gasteiger partial charge < -0.3 is 9.88 Å². The number of amides is 1. The summed E-state index contributed by atoms with van der Waals surface area (Å²) in [4.78, 5) is 24.9. The van der Waals surface area contributed by atoms with E-state index in [1.165, 1.54) is 11.8 Å². The van der Waals surface area contributed by atoms with Crippen molar-refractivity contribution in [3.63, 3.8) is 0 Å². The number of carbonyl (C=O) groups excluding carboxylic acids is 1. The monoisotopic (exact) mass is 340 g/mol. The number of benzene rings is 1. The van der Waals surface area contributed by atoms with Crippen molar-refractivity contribution < 1.29 is 4.79 Å². The highest BCUT2D eigenvalue weighted by atomic mass is 32.2. The van der Waals surface area contributed by atoms with Gasteiger partial charge in [-0.3, -0.25) is 14.3 Å². The molecule has 1 aliphatic rings. The van der Waals surface area contributed by atoms with Gasteiger partial charge in [0.05, 0.1) is 22.7 Å². The Bertz CT molecular complexity index is 1020. The van der Waals surface area contributed by atoms with E-state index in [2.05, 4.69) is 10.4 Å². The zero-order valence-electron chi connectivity index (χ0n) is 13.3. The second-order valence-electron chi connectivity index (χ2n) is 5.83. The Morgan fingerprint density at radius 1 is 1.21 bits per heavy atom. The van der Waals surface area contributed by atoms with Crippen LogP contribution in [0, 0.1) is 0 Å². The Kier molecular flexibility index (Phi) is 3.45. The number of para-hydroxylation sites is 1. The van der Waals surface area contributed by atoms with Crippen molar-refractivity contribution in [2.24, 2.45) is 14.1 Å². The van der Waals surface area contributed by atoms with Gasteiger partial charge in [-0.1, -0.05) is 18.2 Å². The van der Waals surface area contributed by atoms with E-state index >= 15 is 0 Å². The topological polar surface area (TPSA) is 68.9 Å². The molecule has 1 atom stereocenters. The number of carbonyl (C=O) groups is 1. The number of anilines is 1. The van der Waals surface area contributed by atoms with E-state index in [0.29, 0.717) is 17.1 Å².